The van der Waals surface area contributed by atoms with Crippen LogP contribution in [-0.4, -0.2) is 29.6 Å². The molecule has 3 aromatic rings. The lowest BCUT2D eigenvalue weighted by atomic mass is 10.1. The number of ether oxygens (including phenoxy) is 1. The van der Waals surface area contributed by atoms with Gasteiger partial charge >= 0.3 is 5.97 Å². The van der Waals surface area contributed by atoms with Crippen molar-refractivity contribution in [2.24, 2.45) is 0 Å². The number of esters is 1. The van der Waals surface area contributed by atoms with Gasteiger partial charge in [0, 0.05) is 16.9 Å². The van der Waals surface area contributed by atoms with Crippen LogP contribution in [0.15, 0.2) is 58.0 Å². The highest BCUT2D eigenvalue weighted by molar-refractivity contribution is 7.98. The number of thioether (sulfide) groups is 1. The molecule has 0 N–H and O–H groups in total. The van der Waals surface area contributed by atoms with Crippen LogP contribution in [0.25, 0.3) is 11.3 Å². The molecule has 0 aliphatic carbocycles. The number of hydrogen-bond donors (Lipinski definition) is 0. The number of Topliss-reactive ketones (excluding diaryl/α,β-unsaturated/α-hetero) is 1. The zero-order valence-electron chi connectivity index (χ0n) is 15.5. The van der Waals surface area contributed by atoms with Crippen molar-refractivity contribution in [3.63, 3.8) is 0 Å². The van der Waals surface area contributed by atoms with Crippen molar-refractivity contribution in [2.45, 2.75) is 17.7 Å². The topological polar surface area (TPSA) is 69.4 Å². The van der Waals surface area contributed by atoms with Gasteiger partial charge in [-0.15, -0.1) is 11.8 Å². The average molecular weight is 417 g/mol. The summed E-state index contributed by atoms with van der Waals surface area (Å²) in [6, 6.07) is 10.5. The summed E-state index contributed by atoms with van der Waals surface area (Å²) in [5.41, 5.74) is 0.145. The summed E-state index contributed by atoms with van der Waals surface area (Å²) < 4.78 is 37.9. The number of rotatable bonds is 8. The highest BCUT2D eigenvalue weighted by Gasteiger charge is 2.17. The Hall–Kier alpha value is -3.00. The summed E-state index contributed by atoms with van der Waals surface area (Å²) in [7, 11) is 0. The second-order valence-electron chi connectivity index (χ2n) is 6.03. The number of benzene rings is 2. The lowest BCUT2D eigenvalue weighted by Gasteiger charge is -2.04. The van der Waals surface area contributed by atoms with Crippen molar-refractivity contribution in [1.29, 1.82) is 0 Å². The first-order valence-corrected chi connectivity index (χ1v) is 9.92. The molecule has 1 heterocycles. The maximum atomic E-state index is 13.8. The van der Waals surface area contributed by atoms with E-state index in [9.17, 15) is 18.4 Å². The number of halogens is 2. The van der Waals surface area contributed by atoms with Crippen molar-refractivity contribution < 1.29 is 27.5 Å². The number of carbonyl (C=O) groups is 2. The van der Waals surface area contributed by atoms with E-state index in [1.165, 1.54) is 12.3 Å². The molecule has 1 aromatic heterocycles. The fraction of sp³-hybridized carbons (Fsp3) is 0.190. The van der Waals surface area contributed by atoms with Gasteiger partial charge in [-0.3, -0.25) is 9.59 Å². The maximum Gasteiger partial charge on any atom is 0.306 e. The third-order valence-electron chi connectivity index (χ3n) is 4.08. The molecular weight excluding hydrogens is 400 g/mol. The van der Waals surface area contributed by atoms with E-state index in [1.54, 1.807) is 23.9 Å². The Morgan fingerprint density at radius 3 is 2.45 bits per heavy atom. The summed E-state index contributed by atoms with van der Waals surface area (Å²) in [5.74, 6) is -2.37. The molecule has 0 fully saturated rings. The first-order valence-electron chi connectivity index (χ1n) is 8.70. The van der Waals surface area contributed by atoms with Crippen LogP contribution >= 0.6 is 11.8 Å². The third-order valence-corrected chi connectivity index (χ3v) is 4.83. The zero-order valence-corrected chi connectivity index (χ0v) is 16.3. The Morgan fingerprint density at radius 1 is 1.10 bits per heavy atom. The summed E-state index contributed by atoms with van der Waals surface area (Å²) >= 11 is 1.56. The van der Waals surface area contributed by atoms with Crippen molar-refractivity contribution in [1.82, 2.24) is 4.98 Å². The predicted octanol–water partition coefficient (Wildman–Crippen LogP) is 4.70. The second kappa shape index (κ2) is 9.47. The van der Waals surface area contributed by atoms with E-state index in [0.717, 1.165) is 17.0 Å². The van der Waals surface area contributed by atoms with Gasteiger partial charge in [0.15, 0.2) is 24.0 Å². The Kier molecular flexibility index (Phi) is 6.77. The van der Waals surface area contributed by atoms with Gasteiger partial charge < -0.3 is 9.15 Å². The van der Waals surface area contributed by atoms with Gasteiger partial charge in [-0.05, 0) is 30.5 Å². The first kappa shape index (κ1) is 20.7. The summed E-state index contributed by atoms with van der Waals surface area (Å²) in [6.07, 6.45) is 3.12. The van der Waals surface area contributed by atoms with Crippen LogP contribution in [0.4, 0.5) is 8.78 Å². The molecule has 5 nitrogen and oxygen atoms in total. The molecular formula is C21H17F2NO4S. The van der Waals surface area contributed by atoms with Crippen molar-refractivity contribution in [2.75, 3.05) is 12.9 Å². The highest BCUT2D eigenvalue weighted by Crippen LogP contribution is 2.26. The minimum atomic E-state index is -0.767. The molecule has 0 aliphatic rings. The lowest BCUT2D eigenvalue weighted by molar-refractivity contribution is -0.142. The van der Waals surface area contributed by atoms with Gasteiger partial charge in [0.05, 0.1) is 18.2 Å². The third kappa shape index (κ3) is 5.29. The van der Waals surface area contributed by atoms with Crippen LogP contribution in [0.3, 0.4) is 0 Å². The largest absolute Gasteiger partial charge is 0.457 e. The predicted molar refractivity (Wildman–Crippen MR) is 104 cm³/mol. The van der Waals surface area contributed by atoms with E-state index in [0.29, 0.717) is 5.56 Å². The van der Waals surface area contributed by atoms with Gasteiger partial charge in [0.25, 0.3) is 0 Å². The standard InChI is InChI=1S/C21H17F2NO4S/c1-29-14-7-5-13(6-8-14)17(25)12-27-20(26)10-9-19-24-11-18(28-19)21-15(22)3-2-4-16(21)23/h2-8,11H,9-10,12H2,1H3. The molecule has 0 amide bonds. The first-order chi connectivity index (χ1) is 14.0. The molecule has 0 bridgehead atoms. The van der Waals surface area contributed by atoms with E-state index in [4.69, 9.17) is 9.15 Å². The molecule has 0 atom stereocenters. The fourth-order valence-corrected chi connectivity index (χ4v) is 2.97. The van der Waals surface area contributed by atoms with Crippen LogP contribution in [0, 0.1) is 11.6 Å². The SMILES string of the molecule is CSc1ccc(C(=O)COC(=O)CCc2ncc(-c3c(F)cccc3F)o2)cc1. The molecule has 0 unspecified atom stereocenters. The Labute approximate surface area is 170 Å². The molecule has 0 radical (unpaired) electrons. The Morgan fingerprint density at radius 2 is 1.79 bits per heavy atom. The number of ketones is 1. The van der Waals surface area contributed by atoms with E-state index >= 15 is 0 Å². The number of hydrogen-bond acceptors (Lipinski definition) is 6. The van der Waals surface area contributed by atoms with Crippen molar-refractivity contribution in [3.05, 3.63) is 71.8 Å². The molecule has 2 aromatic carbocycles. The lowest BCUT2D eigenvalue weighted by Crippen LogP contribution is -2.14. The molecule has 8 heteroatoms. The van der Waals surface area contributed by atoms with E-state index in [-0.39, 0.29) is 42.4 Å². The molecule has 3 rings (SSSR count). The van der Waals surface area contributed by atoms with Gasteiger partial charge in [-0.25, -0.2) is 13.8 Å². The van der Waals surface area contributed by atoms with Gasteiger partial charge in [0.2, 0.25) is 0 Å². The summed E-state index contributed by atoms with van der Waals surface area (Å²) in [6.45, 7) is -0.366. The normalized spacial score (nSPS) is 10.7. The molecule has 150 valence electrons. The monoisotopic (exact) mass is 417 g/mol. The number of nitrogens with zero attached hydrogens (tertiary/aromatic N) is 1. The summed E-state index contributed by atoms with van der Waals surface area (Å²) in [5, 5.41) is 0. The molecule has 0 saturated carbocycles. The number of aromatic nitrogens is 1. The smallest absolute Gasteiger partial charge is 0.306 e. The number of oxazole rings is 1. The molecule has 29 heavy (non-hydrogen) atoms. The number of carbonyl (C=O) groups excluding carboxylic acids is 2. The fourth-order valence-electron chi connectivity index (χ4n) is 2.56. The van der Waals surface area contributed by atoms with Crippen LogP contribution in [-0.2, 0) is 16.0 Å². The van der Waals surface area contributed by atoms with E-state index < -0.39 is 17.6 Å². The highest BCUT2D eigenvalue weighted by atomic mass is 32.2. The van der Waals surface area contributed by atoms with Crippen LogP contribution < -0.4 is 0 Å². The Balaban J connectivity index is 1.51. The van der Waals surface area contributed by atoms with Crippen LogP contribution in [0.2, 0.25) is 0 Å². The Bertz CT molecular complexity index is 998. The van der Waals surface area contributed by atoms with Gasteiger partial charge in [-0.2, -0.15) is 0 Å². The van der Waals surface area contributed by atoms with Gasteiger partial charge in [-0.1, -0.05) is 18.2 Å². The van der Waals surface area contributed by atoms with Crippen molar-refractivity contribution >= 4 is 23.5 Å². The number of aryl methyl sites for hydroxylation is 1. The van der Waals surface area contributed by atoms with Gasteiger partial charge in [0.1, 0.15) is 11.6 Å². The van der Waals surface area contributed by atoms with Crippen LogP contribution in [0.5, 0.6) is 0 Å². The molecule has 0 spiro atoms. The quantitative estimate of drug-likeness (QED) is 0.301. The summed E-state index contributed by atoms with van der Waals surface area (Å²) in [4.78, 5) is 28.9. The average Bonchev–Trinajstić information content (AvgIpc) is 3.19. The maximum absolute atomic E-state index is 13.8. The minimum Gasteiger partial charge on any atom is -0.457 e. The minimum absolute atomic E-state index is 0.0622. The van der Waals surface area contributed by atoms with Crippen LogP contribution in [0.1, 0.15) is 22.7 Å². The van der Waals surface area contributed by atoms with E-state index in [2.05, 4.69) is 4.98 Å². The molecule has 0 saturated heterocycles. The van der Waals surface area contributed by atoms with Crippen molar-refractivity contribution in [3.8, 4) is 11.3 Å². The second-order valence-corrected chi connectivity index (χ2v) is 6.91. The van der Waals surface area contributed by atoms with E-state index in [1.807, 2.05) is 18.4 Å². The molecule has 0 aliphatic heterocycles. The zero-order chi connectivity index (χ0) is 20.8.